The Kier molecular flexibility index (Phi) is 5.46. The Morgan fingerprint density at radius 1 is 1.29 bits per heavy atom. The maximum Gasteiger partial charge on any atom is 0.303 e. The van der Waals surface area contributed by atoms with E-state index < -0.39 is 11.4 Å². The van der Waals surface area contributed by atoms with Gasteiger partial charge >= 0.3 is 5.97 Å². The van der Waals surface area contributed by atoms with E-state index in [1.165, 1.54) is 0 Å². The number of hydrogen-bond donors (Lipinski definition) is 1. The van der Waals surface area contributed by atoms with Crippen molar-refractivity contribution in [2.45, 2.75) is 51.4 Å². The molecule has 0 atom stereocenters. The molecule has 1 N–H and O–H groups in total. The lowest BCUT2D eigenvalue weighted by molar-refractivity contribution is -0.137. The highest BCUT2D eigenvalue weighted by molar-refractivity contribution is 6.10. The molecule has 1 aliphatic heterocycles. The second kappa shape index (κ2) is 7.36. The lowest BCUT2D eigenvalue weighted by Gasteiger charge is -2.21. The fourth-order valence-corrected chi connectivity index (χ4v) is 3.12. The fourth-order valence-electron chi connectivity index (χ4n) is 3.12. The predicted molar refractivity (Wildman–Crippen MR) is 91.3 cm³/mol. The molecule has 1 amide bonds. The van der Waals surface area contributed by atoms with E-state index in [4.69, 9.17) is 10.6 Å². The van der Waals surface area contributed by atoms with Gasteiger partial charge in [0.05, 0.1) is 16.8 Å². The lowest BCUT2D eigenvalue weighted by atomic mass is 9.86. The number of fused-ring (bicyclic) bond motifs is 1. The molecule has 0 fully saturated rings. The minimum atomic E-state index is -0.778. The Hall–Kier alpha value is -2.53. The predicted octanol–water partition coefficient (Wildman–Crippen LogP) is 4.29. The van der Waals surface area contributed by atoms with Gasteiger partial charge in [-0.3, -0.25) is 9.59 Å². The number of amides is 1. The number of anilines is 1. The van der Waals surface area contributed by atoms with Gasteiger partial charge < -0.3 is 10.0 Å². The maximum absolute atomic E-state index is 12.8. The van der Waals surface area contributed by atoms with Crippen molar-refractivity contribution in [2.75, 3.05) is 11.4 Å². The molecule has 0 radical (unpaired) electrons. The smallest absolute Gasteiger partial charge is 0.303 e. The highest BCUT2D eigenvalue weighted by atomic mass is 16.4. The third kappa shape index (κ3) is 3.51. The van der Waals surface area contributed by atoms with Crippen LogP contribution in [0.15, 0.2) is 23.3 Å². The van der Waals surface area contributed by atoms with Crippen LogP contribution in [0.1, 0.15) is 51.5 Å². The number of carboxylic acids is 1. The van der Waals surface area contributed by atoms with Gasteiger partial charge in [-0.1, -0.05) is 36.2 Å². The molecular weight excluding hydrogens is 308 g/mol. The molecule has 128 valence electrons. The Labute approximate surface area is 140 Å². The monoisotopic (exact) mass is 330 g/mol. The first-order chi connectivity index (χ1) is 11.4. The van der Waals surface area contributed by atoms with Crippen LogP contribution in [0.5, 0.6) is 0 Å². The average Bonchev–Trinajstić information content (AvgIpc) is 2.72. The van der Waals surface area contributed by atoms with Gasteiger partial charge in [0.25, 0.3) is 0 Å². The van der Waals surface area contributed by atoms with Crippen LogP contribution in [0, 0.1) is 0 Å². The normalized spacial score (nSPS) is 15.1. The molecule has 1 aliphatic rings. The first-order valence-electron chi connectivity index (χ1n) is 8.12. The first kappa shape index (κ1) is 17.8. The van der Waals surface area contributed by atoms with Crippen LogP contribution in [-0.4, -0.2) is 23.5 Å². The van der Waals surface area contributed by atoms with E-state index in [0.29, 0.717) is 24.3 Å². The van der Waals surface area contributed by atoms with Gasteiger partial charge in [-0.25, -0.2) is 0 Å². The molecule has 0 spiro atoms. The first-order valence-corrected chi connectivity index (χ1v) is 8.12. The van der Waals surface area contributed by atoms with E-state index in [1.807, 2.05) is 19.9 Å². The second-order valence-electron chi connectivity index (χ2n) is 6.50. The molecule has 1 heterocycles. The molecule has 0 aliphatic carbocycles. The van der Waals surface area contributed by atoms with Crippen LogP contribution < -0.4 is 4.90 Å². The summed E-state index contributed by atoms with van der Waals surface area (Å²) in [5, 5.41) is 12.4. The molecule has 1 aromatic rings. The summed E-state index contributed by atoms with van der Waals surface area (Å²) < 4.78 is 0. The number of azide groups is 1. The molecule has 7 heteroatoms. The van der Waals surface area contributed by atoms with Crippen LogP contribution in [0.3, 0.4) is 0 Å². The Morgan fingerprint density at radius 3 is 2.67 bits per heavy atom. The lowest BCUT2D eigenvalue weighted by Crippen LogP contribution is -2.36. The standard InChI is InChI=1S/C17H22N4O3/c1-17(2)12-8-7-9-13(19-20-18)15(12)21(16(17)24)11-6-4-3-5-10-14(22)23/h7-9H,3-6,10-11H2,1-2H3,(H,22,23). The average molecular weight is 330 g/mol. The van der Waals surface area contributed by atoms with Crippen LogP contribution in [0.25, 0.3) is 10.4 Å². The number of carbonyl (C=O) groups is 2. The van der Waals surface area contributed by atoms with Gasteiger partial charge in [-0.15, -0.1) is 0 Å². The molecule has 1 aromatic carbocycles. The Bertz CT molecular complexity index is 693. The van der Waals surface area contributed by atoms with Crippen LogP contribution in [0.2, 0.25) is 0 Å². The molecule has 7 nitrogen and oxygen atoms in total. The summed E-state index contributed by atoms with van der Waals surface area (Å²) in [6, 6.07) is 5.41. The number of benzene rings is 1. The van der Waals surface area contributed by atoms with E-state index in [9.17, 15) is 9.59 Å². The number of hydrogen-bond acceptors (Lipinski definition) is 3. The van der Waals surface area contributed by atoms with E-state index >= 15 is 0 Å². The SMILES string of the molecule is CC1(C)C(=O)N(CCCCCCC(=O)O)c2c(N=[N+]=[N-])cccc21. The van der Waals surface area contributed by atoms with Gasteiger partial charge in [0, 0.05) is 17.9 Å². The minimum absolute atomic E-state index is 0.00336. The van der Waals surface area contributed by atoms with Crippen molar-refractivity contribution in [2.24, 2.45) is 5.11 Å². The summed E-state index contributed by atoms with van der Waals surface area (Å²) in [4.78, 5) is 27.8. The summed E-state index contributed by atoms with van der Waals surface area (Å²) in [7, 11) is 0. The van der Waals surface area contributed by atoms with Crippen LogP contribution >= 0.6 is 0 Å². The van der Waals surface area contributed by atoms with Crippen molar-refractivity contribution >= 4 is 23.3 Å². The van der Waals surface area contributed by atoms with Gasteiger partial charge in [-0.2, -0.15) is 0 Å². The number of rotatable bonds is 8. The van der Waals surface area contributed by atoms with E-state index in [2.05, 4.69) is 10.0 Å². The third-order valence-corrected chi connectivity index (χ3v) is 4.41. The van der Waals surface area contributed by atoms with Gasteiger partial charge in [0.15, 0.2) is 0 Å². The number of nitrogens with zero attached hydrogens (tertiary/aromatic N) is 4. The summed E-state index contributed by atoms with van der Waals surface area (Å²) in [5.41, 5.74) is 10.2. The molecule has 0 saturated carbocycles. The largest absolute Gasteiger partial charge is 0.481 e. The van der Waals surface area contributed by atoms with Gasteiger partial charge in [0.1, 0.15) is 0 Å². The van der Waals surface area contributed by atoms with E-state index in [1.54, 1.807) is 17.0 Å². The minimum Gasteiger partial charge on any atom is -0.481 e. The van der Waals surface area contributed by atoms with Gasteiger partial charge in [-0.05, 0) is 37.8 Å². The Morgan fingerprint density at radius 2 is 2.00 bits per heavy atom. The summed E-state index contributed by atoms with van der Waals surface area (Å²) in [6.07, 6.45) is 3.29. The second-order valence-corrected chi connectivity index (χ2v) is 6.50. The number of para-hydroxylation sites is 1. The van der Waals surface area contributed by atoms with Gasteiger partial charge in [0.2, 0.25) is 5.91 Å². The molecule has 24 heavy (non-hydrogen) atoms. The molecule has 0 bridgehead atoms. The van der Waals surface area contributed by atoms with Crippen molar-refractivity contribution < 1.29 is 14.7 Å². The summed E-state index contributed by atoms with van der Waals surface area (Å²) in [5.74, 6) is -0.775. The number of aliphatic carboxylic acids is 1. The summed E-state index contributed by atoms with van der Waals surface area (Å²) >= 11 is 0. The third-order valence-electron chi connectivity index (χ3n) is 4.41. The van der Waals surface area contributed by atoms with Crippen molar-refractivity contribution in [3.05, 3.63) is 34.2 Å². The van der Waals surface area contributed by atoms with E-state index in [0.717, 1.165) is 24.8 Å². The van der Waals surface area contributed by atoms with Crippen LogP contribution in [0.4, 0.5) is 11.4 Å². The van der Waals surface area contributed by atoms with E-state index in [-0.39, 0.29) is 12.3 Å². The zero-order chi connectivity index (χ0) is 17.7. The highest BCUT2D eigenvalue weighted by Crippen LogP contribution is 2.46. The maximum atomic E-state index is 12.8. The highest BCUT2D eigenvalue weighted by Gasteiger charge is 2.44. The van der Waals surface area contributed by atoms with Crippen molar-refractivity contribution in [1.29, 1.82) is 0 Å². The molecule has 2 rings (SSSR count). The van der Waals surface area contributed by atoms with Crippen molar-refractivity contribution in [3.63, 3.8) is 0 Å². The number of carbonyl (C=O) groups excluding carboxylic acids is 1. The fraction of sp³-hybridized carbons (Fsp3) is 0.529. The molecule has 0 saturated heterocycles. The molecule has 0 aromatic heterocycles. The Balaban J connectivity index is 2.10. The van der Waals surface area contributed by atoms with Crippen molar-refractivity contribution in [1.82, 2.24) is 0 Å². The zero-order valence-electron chi connectivity index (χ0n) is 14.0. The summed E-state index contributed by atoms with van der Waals surface area (Å²) in [6.45, 7) is 4.29. The quantitative estimate of drug-likeness (QED) is 0.332. The van der Waals surface area contributed by atoms with Crippen LogP contribution in [-0.2, 0) is 15.0 Å². The zero-order valence-corrected chi connectivity index (χ0v) is 14.0. The number of unbranched alkanes of at least 4 members (excludes halogenated alkanes) is 3. The van der Waals surface area contributed by atoms with Crippen molar-refractivity contribution in [3.8, 4) is 0 Å². The molecular formula is C17H22N4O3. The topological polar surface area (TPSA) is 106 Å². The number of carboxylic acid groups (broad SMARTS) is 1. The molecule has 0 unspecified atom stereocenters.